The van der Waals surface area contributed by atoms with E-state index in [0.717, 1.165) is 23.2 Å². The van der Waals surface area contributed by atoms with Crippen molar-refractivity contribution in [1.29, 1.82) is 0 Å². The van der Waals surface area contributed by atoms with Crippen LogP contribution in [-0.2, 0) is 16.7 Å². The Balaban J connectivity index is 2.13. The number of hydrogen-bond donors (Lipinski definition) is 1. The summed E-state index contributed by atoms with van der Waals surface area (Å²) in [5, 5.41) is 2.98. The first kappa shape index (κ1) is 22.7. The van der Waals surface area contributed by atoms with Crippen LogP contribution in [0.25, 0.3) is 0 Å². The Labute approximate surface area is 174 Å². The van der Waals surface area contributed by atoms with Gasteiger partial charge in [-0.25, -0.2) is 4.79 Å². The lowest BCUT2D eigenvalue weighted by atomic mass is 10.1. The van der Waals surface area contributed by atoms with E-state index in [2.05, 4.69) is 5.32 Å². The lowest BCUT2D eigenvalue weighted by Gasteiger charge is -2.29. The van der Waals surface area contributed by atoms with Crippen molar-refractivity contribution in [1.82, 2.24) is 4.90 Å². The van der Waals surface area contributed by atoms with Gasteiger partial charge in [-0.05, 0) is 75.1 Å². The molecule has 0 heterocycles. The summed E-state index contributed by atoms with van der Waals surface area (Å²) in [6.45, 7) is 10.0. The van der Waals surface area contributed by atoms with Gasteiger partial charge in [0, 0.05) is 18.3 Å². The second-order valence-corrected chi connectivity index (χ2v) is 9.05. The van der Waals surface area contributed by atoms with Gasteiger partial charge in [-0.3, -0.25) is 0 Å². The molecule has 0 saturated carbocycles. The summed E-state index contributed by atoms with van der Waals surface area (Å²) in [5.41, 5.74) is 3.95. The van der Waals surface area contributed by atoms with Gasteiger partial charge in [0.15, 0.2) is 0 Å². The normalized spacial score (nSPS) is 12.3. The highest BCUT2D eigenvalue weighted by molar-refractivity contribution is 7.87. The minimum absolute atomic E-state index is 0.0398. The zero-order valence-electron chi connectivity index (χ0n) is 17.7. The molecule has 2 aromatic rings. The Morgan fingerprint density at radius 2 is 1.72 bits per heavy atom. The van der Waals surface area contributed by atoms with Gasteiger partial charge in [0.1, 0.15) is 5.75 Å². The number of hydrogen-bond acceptors (Lipinski definition) is 4. The number of aryl methyl sites for hydroxylation is 2. The minimum Gasteiger partial charge on any atom is -0.382 e. The molecule has 0 fully saturated rings. The third-order valence-electron chi connectivity index (χ3n) is 4.99. The number of carbonyl (C=O) groups excluding carboxylic acids is 1. The van der Waals surface area contributed by atoms with Crippen molar-refractivity contribution in [3.05, 3.63) is 59.2 Å². The molecule has 158 valence electrons. The molecule has 0 saturated heterocycles. The number of anilines is 1. The fraction of sp³-hybridized carbons (Fsp3) is 0.409. The van der Waals surface area contributed by atoms with Gasteiger partial charge in [-0.2, -0.15) is 8.42 Å². The van der Waals surface area contributed by atoms with Crippen LogP contribution >= 0.6 is 0 Å². The molecule has 2 aromatic carbocycles. The largest absolute Gasteiger partial charge is 0.382 e. The Morgan fingerprint density at radius 1 is 1.07 bits per heavy atom. The average Bonchev–Trinajstić information content (AvgIpc) is 2.69. The Hall–Kier alpha value is -2.54. The molecule has 1 unspecified atom stereocenters. The van der Waals surface area contributed by atoms with Crippen LogP contribution in [0.3, 0.4) is 0 Å². The third-order valence-corrected chi connectivity index (χ3v) is 6.15. The number of carbonyl (C=O) groups is 1. The maximum absolute atomic E-state index is 12.9. The molecule has 0 spiro atoms. The Morgan fingerprint density at radius 3 is 2.28 bits per heavy atom. The fourth-order valence-corrected chi connectivity index (χ4v) is 3.24. The summed E-state index contributed by atoms with van der Waals surface area (Å²) in [6, 6.07) is 12.5. The zero-order valence-corrected chi connectivity index (χ0v) is 18.5. The van der Waals surface area contributed by atoms with E-state index < -0.39 is 10.1 Å². The van der Waals surface area contributed by atoms with Crippen molar-refractivity contribution in [3.8, 4) is 5.75 Å². The first-order valence-electron chi connectivity index (χ1n) is 9.81. The smallest absolute Gasteiger partial charge is 0.322 e. The van der Waals surface area contributed by atoms with Gasteiger partial charge in [0.25, 0.3) is 0 Å². The van der Waals surface area contributed by atoms with Crippen molar-refractivity contribution in [2.45, 2.75) is 53.6 Å². The highest BCUT2D eigenvalue weighted by Crippen LogP contribution is 2.19. The van der Waals surface area contributed by atoms with Crippen LogP contribution in [0.15, 0.2) is 42.5 Å². The van der Waals surface area contributed by atoms with E-state index in [-0.39, 0.29) is 23.6 Å². The number of nitrogens with zero attached hydrogens (tertiary/aromatic N) is 1. The summed E-state index contributed by atoms with van der Waals surface area (Å²) < 4.78 is 28.2. The monoisotopic (exact) mass is 418 g/mol. The van der Waals surface area contributed by atoms with Crippen LogP contribution in [0, 0.1) is 13.8 Å². The highest BCUT2D eigenvalue weighted by Gasteiger charge is 2.20. The molecule has 2 rings (SSSR count). The molecule has 0 aromatic heterocycles. The number of nitrogens with one attached hydrogen (secondary N) is 1. The van der Waals surface area contributed by atoms with Crippen LogP contribution in [0.5, 0.6) is 5.75 Å². The van der Waals surface area contributed by atoms with Gasteiger partial charge in [-0.1, -0.05) is 25.1 Å². The van der Waals surface area contributed by atoms with E-state index in [1.807, 2.05) is 45.9 Å². The average molecular weight is 419 g/mol. The first-order chi connectivity index (χ1) is 13.6. The van der Waals surface area contributed by atoms with Crippen molar-refractivity contribution in [2.75, 3.05) is 11.1 Å². The van der Waals surface area contributed by atoms with Crippen LogP contribution in [0.1, 0.15) is 43.9 Å². The lowest BCUT2D eigenvalue weighted by Crippen LogP contribution is -2.40. The van der Waals surface area contributed by atoms with Gasteiger partial charge >= 0.3 is 16.1 Å². The standard InChI is InChI=1S/C22H30N2O4S/c1-6-18(5)24(22(25)23-20-11-8-16(3)17(4)14-20)15-19-9-12-21(13-10-19)28-29(26,27)7-2/h8-14,18H,6-7,15H2,1-5H3,(H,23,25). The third kappa shape index (κ3) is 6.49. The van der Waals surface area contributed by atoms with E-state index in [1.54, 1.807) is 29.2 Å². The summed E-state index contributed by atoms with van der Waals surface area (Å²) in [5.74, 6) is 0.181. The van der Waals surface area contributed by atoms with Gasteiger partial charge in [-0.15, -0.1) is 0 Å². The van der Waals surface area contributed by atoms with Crippen LogP contribution in [0.2, 0.25) is 0 Å². The topological polar surface area (TPSA) is 75.7 Å². The second-order valence-electron chi connectivity index (χ2n) is 7.19. The molecular formula is C22H30N2O4S. The highest BCUT2D eigenvalue weighted by atomic mass is 32.2. The maximum Gasteiger partial charge on any atom is 0.322 e. The van der Waals surface area contributed by atoms with E-state index in [1.165, 1.54) is 12.5 Å². The van der Waals surface area contributed by atoms with Crippen molar-refractivity contribution in [2.24, 2.45) is 0 Å². The number of amides is 2. The van der Waals surface area contributed by atoms with E-state index >= 15 is 0 Å². The number of urea groups is 1. The second kappa shape index (κ2) is 9.78. The number of benzene rings is 2. The maximum atomic E-state index is 12.9. The molecule has 0 radical (unpaired) electrons. The summed E-state index contributed by atoms with van der Waals surface area (Å²) in [4.78, 5) is 14.7. The minimum atomic E-state index is -3.56. The van der Waals surface area contributed by atoms with Crippen molar-refractivity contribution in [3.63, 3.8) is 0 Å². The molecular weight excluding hydrogens is 388 g/mol. The van der Waals surface area contributed by atoms with Crippen LogP contribution in [-0.4, -0.2) is 31.1 Å². The first-order valence-corrected chi connectivity index (χ1v) is 11.4. The zero-order chi connectivity index (χ0) is 21.6. The molecule has 1 N–H and O–H groups in total. The summed E-state index contributed by atoms with van der Waals surface area (Å²) >= 11 is 0. The summed E-state index contributed by atoms with van der Waals surface area (Å²) in [7, 11) is -3.56. The van der Waals surface area contributed by atoms with Gasteiger partial charge in [0.2, 0.25) is 0 Å². The lowest BCUT2D eigenvalue weighted by molar-refractivity contribution is 0.187. The summed E-state index contributed by atoms with van der Waals surface area (Å²) in [6.07, 6.45) is 0.816. The van der Waals surface area contributed by atoms with Crippen LogP contribution < -0.4 is 9.50 Å². The molecule has 0 aliphatic rings. The molecule has 0 aliphatic heterocycles. The molecule has 0 bridgehead atoms. The van der Waals surface area contributed by atoms with Gasteiger partial charge < -0.3 is 14.4 Å². The van der Waals surface area contributed by atoms with Crippen molar-refractivity contribution >= 4 is 21.8 Å². The van der Waals surface area contributed by atoms with E-state index in [9.17, 15) is 13.2 Å². The molecule has 29 heavy (non-hydrogen) atoms. The molecule has 1 atom stereocenters. The molecule has 0 aliphatic carbocycles. The SMILES string of the molecule is CCC(C)N(Cc1ccc(OS(=O)(=O)CC)cc1)C(=O)Nc1ccc(C)c(C)c1. The van der Waals surface area contributed by atoms with E-state index in [4.69, 9.17) is 4.18 Å². The Bertz CT molecular complexity index is 940. The molecule has 7 heteroatoms. The van der Waals surface area contributed by atoms with Crippen LogP contribution in [0.4, 0.5) is 10.5 Å². The van der Waals surface area contributed by atoms with Crippen molar-refractivity contribution < 1.29 is 17.4 Å². The Kier molecular flexibility index (Phi) is 7.67. The molecule has 6 nitrogen and oxygen atoms in total. The van der Waals surface area contributed by atoms with Gasteiger partial charge in [0.05, 0.1) is 5.75 Å². The predicted octanol–water partition coefficient (Wildman–Crippen LogP) is 4.86. The van der Waals surface area contributed by atoms with E-state index in [0.29, 0.717) is 6.54 Å². The number of rotatable bonds is 8. The molecule has 2 amide bonds. The predicted molar refractivity (Wildman–Crippen MR) is 117 cm³/mol. The quantitative estimate of drug-likeness (QED) is 0.621. The fourth-order valence-electron chi connectivity index (χ4n) is 2.72.